The van der Waals surface area contributed by atoms with Gasteiger partial charge in [0.15, 0.2) is 0 Å². The van der Waals surface area contributed by atoms with Gasteiger partial charge in [0.25, 0.3) is 0 Å². The van der Waals surface area contributed by atoms with E-state index >= 15 is 0 Å². The monoisotopic (exact) mass is 200 g/mol. The minimum Gasteiger partial charge on any atom is -0.481 e. The highest BCUT2D eigenvalue weighted by molar-refractivity contribution is 5.82. The van der Waals surface area contributed by atoms with Crippen LogP contribution in [0.4, 0.5) is 0 Å². The summed E-state index contributed by atoms with van der Waals surface area (Å²) in [5, 5.41) is 14.2. The molecule has 0 aromatic heterocycles. The summed E-state index contributed by atoms with van der Waals surface area (Å²) in [6, 6.07) is -0.0696. The van der Waals surface area contributed by atoms with Crippen molar-refractivity contribution in [3.05, 3.63) is 0 Å². The van der Waals surface area contributed by atoms with Crippen molar-refractivity contribution in [2.45, 2.75) is 31.7 Å². The first kappa shape index (κ1) is 11.0. The van der Waals surface area contributed by atoms with Gasteiger partial charge in [-0.1, -0.05) is 0 Å². The Balaban J connectivity index is 2.05. The number of carbonyl (C=O) groups excluding carboxylic acids is 1. The van der Waals surface area contributed by atoms with Crippen LogP contribution in [0.3, 0.4) is 0 Å². The Bertz CT molecular complexity index is 212. The van der Waals surface area contributed by atoms with E-state index in [0.29, 0.717) is 13.0 Å². The number of carbonyl (C=O) groups is 2. The van der Waals surface area contributed by atoms with Gasteiger partial charge in [0.2, 0.25) is 5.91 Å². The first-order valence-electron chi connectivity index (χ1n) is 4.93. The molecule has 0 saturated carbocycles. The molecule has 0 bridgehead atoms. The van der Waals surface area contributed by atoms with Crippen molar-refractivity contribution < 1.29 is 14.7 Å². The van der Waals surface area contributed by atoms with Gasteiger partial charge >= 0.3 is 5.97 Å². The molecule has 1 aliphatic heterocycles. The Morgan fingerprint density at radius 2 is 2.29 bits per heavy atom. The van der Waals surface area contributed by atoms with E-state index in [9.17, 15) is 9.59 Å². The maximum absolute atomic E-state index is 11.4. The van der Waals surface area contributed by atoms with Crippen molar-refractivity contribution >= 4 is 11.9 Å². The van der Waals surface area contributed by atoms with Crippen LogP contribution < -0.4 is 10.6 Å². The molecule has 0 radical (unpaired) electrons. The molecule has 0 aliphatic carbocycles. The highest BCUT2D eigenvalue weighted by Crippen LogP contribution is 2.04. The number of amides is 1. The number of carboxylic acid groups (broad SMARTS) is 1. The number of rotatable bonds is 5. The Labute approximate surface area is 82.9 Å². The van der Waals surface area contributed by atoms with Crippen molar-refractivity contribution in [1.82, 2.24) is 10.6 Å². The summed E-state index contributed by atoms with van der Waals surface area (Å²) >= 11 is 0. The molecule has 1 atom stereocenters. The highest BCUT2D eigenvalue weighted by Gasteiger charge is 2.21. The molecule has 0 unspecified atom stereocenters. The minimum atomic E-state index is -0.821. The minimum absolute atomic E-state index is 0.00658. The van der Waals surface area contributed by atoms with Crippen molar-refractivity contribution in [2.24, 2.45) is 0 Å². The predicted octanol–water partition coefficient (Wildman–Crippen LogP) is -0.281. The molecule has 0 aromatic rings. The number of carboxylic acids is 1. The van der Waals surface area contributed by atoms with Crippen LogP contribution in [0, 0.1) is 0 Å². The van der Waals surface area contributed by atoms with Gasteiger partial charge in [-0.05, 0) is 25.8 Å². The van der Waals surface area contributed by atoms with Crippen LogP contribution in [0.1, 0.15) is 25.7 Å². The second-order valence-corrected chi connectivity index (χ2v) is 3.44. The highest BCUT2D eigenvalue weighted by atomic mass is 16.4. The van der Waals surface area contributed by atoms with E-state index in [0.717, 1.165) is 19.4 Å². The Morgan fingerprint density at radius 3 is 2.86 bits per heavy atom. The molecular formula is C9H16N2O3. The first-order valence-corrected chi connectivity index (χ1v) is 4.93. The SMILES string of the molecule is O=C(O)CCCNC(=O)[C@H]1CCCN1. The molecule has 14 heavy (non-hydrogen) atoms. The van der Waals surface area contributed by atoms with Gasteiger partial charge in [0.05, 0.1) is 6.04 Å². The summed E-state index contributed by atoms with van der Waals surface area (Å²) < 4.78 is 0. The molecule has 1 heterocycles. The summed E-state index contributed by atoms with van der Waals surface area (Å²) in [6.07, 6.45) is 2.52. The molecular weight excluding hydrogens is 184 g/mol. The van der Waals surface area contributed by atoms with E-state index in [4.69, 9.17) is 5.11 Å². The Kier molecular flexibility index (Phi) is 4.39. The zero-order valence-electron chi connectivity index (χ0n) is 8.08. The lowest BCUT2D eigenvalue weighted by atomic mass is 10.2. The third kappa shape index (κ3) is 3.74. The van der Waals surface area contributed by atoms with Crippen molar-refractivity contribution in [3.63, 3.8) is 0 Å². The van der Waals surface area contributed by atoms with Gasteiger partial charge in [-0.3, -0.25) is 9.59 Å². The molecule has 1 amide bonds. The van der Waals surface area contributed by atoms with Gasteiger partial charge in [-0.25, -0.2) is 0 Å². The van der Waals surface area contributed by atoms with Gasteiger partial charge in [0.1, 0.15) is 0 Å². The second-order valence-electron chi connectivity index (χ2n) is 3.44. The second kappa shape index (κ2) is 5.59. The summed E-state index contributed by atoms with van der Waals surface area (Å²) in [7, 11) is 0. The largest absolute Gasteiger partial charge is 0.481 e. The van der Waals surface area contributed by atoms with E-state index in [-0.39, 0.29) is 18.4 Å². The van der Waals surface area contributed by atoms with Crippen LogP contribution in [0.25, 0.3) is 0 Å². The van der Waals surface area contributed by atoms with Gasteiger partial charge in [-0.2, -0.15) is 0 Å². The summed E-state index contributed by atoms with van der Waals surface area (Å²) in [5.41, 5.74) is 0. The number of aliphatic carboxylic acids is 1. The molecule has 0 spiro atoms. The maximum Gasteiger partial charge on any atom is 0.303 e. The van der Waals surface area contributed by atoms with Crippen LogP contribution in [0.15, 0.2) is 0 Å². The van der Waals surface area contributed by atoms with E-state index in [1.807, 2.05) is 0 Å². The van der Waals surface area contributed by atoms with E-state index in [1.54, 1.807) is 0 Å². The maximum atomic E-state index is 11.4. The molecule has 5 heteroatoms. The molecule has 0 aromatic carbocycles. The molecule has 5 nitrogen and oxygen atoms in total. The van der Waals surface area contributed by atoms with E-state index in [2.05, 4.69) is 10.6 Å². The van der Waals surface area contributed by atoms with Crippen molar-refractivity contribution in [1.29, 1.82) is 0 Å². The lowest BCUT2D eigenvalue weighted by molar-refractivity contribution is -0.137. The molecule has 1 fully saturated rings. The Morgan fingerprint density at radius 1 is 1.50 bits per heavy atom. The van der Waals surface area contributed by atoms with Crippen molar-refractivity contribution in [3.8, 4) is 0 Å². The first-order chi connectivity index (χ1) is 6.70. The number of hydrogen-bond donors (Lipinski definition) is 3. The predicted molar refractivity (Wildman–Crippen MR) is 50.9 cm³/mol. The van der Waals surface area contributed by atoms with E-state index < -0.39 is 5.97 Å². The summed E-state index contributed by atoms with van der Waals surface area (Å²) in [5.74, 6) is -0.828. The Hall–Kier alpha value is -1.10. The van der Waals surface area contributed by atoms with Gasteiger partial charge in [-0.15, -0.1) is 0 Å². The van der Waals surface area contributed by atoms with Crippen LogP contribution in [0.2, 0.25) is 0 Å². The normalized spacial score (nSPS) is 20.7. The summed E-state index contributed by atoms with van der Waals surface area (Å²) in [6.45, 7) is 1.34. The average molecular weight is 200 g/mol. The fraction of sp³-hybridized carbons (Fsp3) is 0.778. The van der Waals surface area contributed by atoms with Crippen LogP contribution in [-0.2, 0) is 9.59 Å². The van der Waals surface area contributed by atoms with Gasteiger partial charge < -0.3 is 15.7 Å². The van der Waals surface area contributed by atoms with Crippen molar-refractivity contribution in [2.75, 3.05) is 13.1 Å². The molecule has 3 N–H and O–H groups in total. The average Bonchev–Trinajstić information content (AvgIpc) is 2.64. The van der Waals surface area contributed by atoms with Crippen LogP contribution in [0.5, 0.6) is 0 Å². The molecule has 1 rings (SSSR count). The summed E-state index contributed by atoms with van der Waals surface area (Å²) in [4.78, 5) is 21.5. The standard InChI is InChI=1S/C9H16N2O3/c12-8(13)4-2-6-11-9(14)7-3-1-5-10-7/h7,10H,1-6H2,(H,11,14)(H,12,13)/t7-/m1/s1. The quantitative estimate of drug-likeness (QED) is 0.533. The molecule has 1 saturated heterocycles. The lowest BCUT2D eigenvalue weighted by Gasteiger charge is -2.10. The number of hydrogen-bond acceptors (Lipinski definition) is 3. The number of nitrogens with one attached hydrogen (secondary N) is 2. The smallest absolute Gasteiger partial charge is 0.303 e. The fourth-order valence-electron chi connectivity index (χ4n) is 1.48. The topological polar surface area (TPSA) is 78.4 Å². The van der Waals surface area contributed by atoms with Crippen LogP contribution >= 0.6 is 0 Å². The fourth-order valence-corrected chi connectivity index (χ4v) is 1.48. The third-order valence-corrected chi connectivity index (χ3v) is 2.24. The van der Waals surface area contributed by atoms with Crippen LogP contribution in [-0.4, -0.2) is 36.1 Å². The third-order valence-electron chi connectivity index (χ3n) is 2.24. The van der Waals surface area contributed by atoms with Gasteiger partial charge in [0, 0.05) is 13.0 Å². The molecule has 80 valence electrons. The molecule has 1 aliphatic rings. The zero-order chi connectivity index (χ0) is 10.4. The van der Waals surface area contributed by atoms with E-state index in [1.165, 1.54) is 0 Å². The zero-order valence-corrected chi connectivity index (χ0v) is 8.08. The lowest BCUT2D eigenvalue weighted by Crippen LogP contribution is -2.40.